The van der Waals surface area contributed by atoms with E-state index in [1.807, 2.05) is 0 Å². The molecule has 3 fully saturated rings. The SMILES string of the molecule is N#Cc1cc(OC2CC3(C2)O[C@@H]2CC[C@@H](c4cc(F)cc(F)c4)N2C3=O)ncc1F. The Morgan fingerprint density at radius 3 is 2.60 bits per heavy atom. The van der Waals surface area contributed by atoms with Crippen molar-refractivity contribution >= 4 is 5.91 Å². The molecule has 1 aromatic carbocycles. The van der Waals surface area contributed by atoms with Gasteiger partial charge in [0.15, 0.2) is 11.4 Å². The number of hydrogen-bond donors (Lipinski definition) is 0. The predicted octanol–water partition coefficient (Wildman–Crippen LogP) is 3.37. The summed E-state index contributed by atoms with van der Waals surface area (Å²) in [4.78, 5) is 18.5. The number of pyridine rings is 1. The lowest BCUT2D eigenvalue weighted by atomic mass is 9.76. The van der Waals surface area contributed by atoms with Gasteiger partial charge in [0.1, 0.15) is 30.0 Å². The summed E-state index contributed by atoms with van der Waals surface area (Å²) in [6.07, 6.45) is 1.80. The summed E-state index contributed by atoms with van der Waals surface area (Å²) in [6.45, 7) is 0. The molecule has 154 valence electrons. The molecule has 9 heteroatoms. The third kappa shape index (κ3) is 2.91. The second-order valence-electron chi connectivity index (χ2n) is 7.84. The number of aromatic nitrogens is 1. The number of hydrogen-bond acceptors (Lipinski definition) is 5. The van der Waals surface area contributed by atoms with E-state index in [1.165, 1.54) is 18.2 Å². The van der Waals surface area contributed by atoms with E-state index in [9.17, 15) is 18.0 Å². The van der Waals surface area contributed by atoms with Crippen LogP contribution in [0, 0.1) is 28.8 Å². The molecule has 1 aromatic heterocycles. The van der Waals surface area contributed by atoms with Gasteiger partial charge >= 0.3 is 0 Å². The number of fused-ring (bicyclic) bond motifs is 1. The van der Waals surface area contributed by atoms with E-state index >= 15 is 0 Å². The van der Waals surface area contributed by atoms with Crippen LogP contribution in [0.1, 0.15) is 42.9 Å². The first kappa shape index (κ1) is 18.9. The standard InChI is InChI=1S/C21H16F3N3O3/c22-13-3-11(4-14(23)6-13)17-1-2-19-27(17)20(28)21(30-19)7-15(8-21)29-18-5-12(9-25)16(24)10-26-18/h3-6,10,15,17,19H,1-2,7-8H2/t15?,17-,19+,21?/m0/s1. The molecule has 0 bridgehead atoms. The number of carbonyl (C=O) groups excluding carboxylic acids is 1. The molecule has 5 rings (SSSR count). The minimum atomic E-state index is -1.03. The van der Waals surface area contributed by atoms with Gasteiger partial charge in [-0.1, -0.05) is 0 Å². The molecule has 1 saturated carbocycles. The highest BCUT2D eigenvalue weighted by atomic mass is 19.1. The van der Waals surface area contributed by atoms with E-state index in [0.29, 0.717) is 18.4 Å². The number of nitriles is 1. The molecule has 6 nitrogen and oxygen atoms in total. The number of amides is 1. The Hall–Kier alpha value is -3.12. The van der Waals surface area contributed by atoms with Gasteiger partial charge in [-0.2, -0.15) is 5.26 Å². The third-order valence-electron chi connectivity index (χ3n) is 5.94. The first-order valence-corrected chi connectivity index (χ1v) is 9.57. The van der Waals surface area contributed by atoms with Crippen molar-refractivity contribution in [1.82, 2.24) is 9.88 Å². The van der Waals surface area contributed by atoms with Crippen molar-refractivity contribution in [3.8, 4) is 11.9 Å². The quantitative estimate of drug-likeness (QED) is 0.769. The van der Waals surface area contributed by atoms with Crippen LogP contribution in [-0.2, 0) is 9.53 Å². The molecule has 0 radical (unpaired) electrons. The number of ether oxygens (including phenoxy) is 2. The van der Waals surface area contributed by atoms with Crippen LogP contribution in [0.2, 0.25) is 0 Å². The largest absolute Gasteiger partial charge is 0.474 e. The van der Waals surface area contributed by atoms with Crippen molar-refractivity contribution in [3.63, 3.8) is 0 Å². The fourth-order valence-electron chi connectivity index (χ4n) is 4.58. The van der Waals surface area contributed by atoms with Gasteiger partial charge in [-0.05, 0) is 30.5 Å². The summed E-state index contributed by atoms with van der Waals surface area (Å²) in [5, 5.41) is 8.90. The van der Waals surface area contributed by atoms with Crippen LogP contribution < -0.4 is 4.74 Å². The molecular formula is C21H16F3N3O3. The van der Waals surface area contributed by atoms with E-state index in [0.717, 1.165) is 12.3 Å². The number of rotatable bonds is 3. The van der Waals surface area contributed by atoms with Gasteiger partial charge in [0, 0.05) is 25.0 Å². The van der Waals surface area contributed by atoms with Crippen molar-refractivity contribution in [2.24, 2.45) is 0 Å². The highest BCUT2D eigenvalue weighted by Crippen LogP contribution is 2.52. The molecule has 3 aliphatic rings. The van der Waals surface area contributed by atoms with Crippen molar-refractivity contribution in [2.75, 3.05) is 0 Å². The topological polar surface area (TPSA) is 75.5 Å². The van der Waals surface area contributed by atoms with Crippen LogP contribution in [0.3, 0.4) is 0 Å². The zero-order chi connectivity index (χ0) is 21.0. The van der Waals surface area contributed by atoms with E-state index in [4.69, 9.17) is 14.7 Å². The van der Waals surface area contributed by atoms with E-state index in [1.54, 1.807) is 11.0 Å². The summed E-state index contributed by atoms with van der Waals surface area (Å²) in [7, 11) is 0. The van der Waals surface area contributed by atoms with Crippen LogP contribution in [-0.4, -0.2) is 33.7 Å². The summed E-state index contributed by atoms with van der Waals surface area (Å²) in [5.41, 5.74) is -0.790. The fourth-order valence-corrected chi connectivity index (χ4v) is 4.58. The number of carbonyl (C=O) groups is 1. The van der Waals surface area contributed by atoms with E-state index in [-0.39, 0.29) is 36.3 Å². The van der Waals surface area contributed by atoms with Gasteiger partial charge < -0.3 is 14.4 Å². The van der Waals surface area contributed by atoms with Crippen molar-refractivity contribution in [1.29, 1.82) is 5.26 Å². The zero-order valence-corrected chi connectivity index (χ0v) is 15.6. The second kappa shape index (κ2) is 6.71. The Morgan fingerprint density at radius 1 is 1.17 bits per heavy atom. The van der Waals surface area contributed by atoms with Crippen LogP contribution >= 0.6 is 0 Å². The molecule has 2 saturated heterocycles. The monoisotopic (exact) mass is 415 g/mol. The van der Waals surface area contributed by atoms with Crippen LogP contribution in [0.5, 0.6) is 5.88 Å². The van der Waals surface area contributed by atoms with Gasteiger partial charge in [0.25, 0.3) is 5.91 Å². The van der Waals surface area contributed by atoms with Gasteiger partial charge in [-0.25, -0.2) is 18.2 Å². The van der Waals surface area contributed by atoms with Crippen LogP contribution in [0.15, 0.2) is 30.5 Å². The molecule has 1 aliphatic carbocycles. The molecular weight excluding hydrogens is 399 g/mol. The minimum absolute atomic E-state index is 0.104. The first-order chi connectivity index (χ1) is 14.4. The Labute approximate surface area is 169 Å². The molecule has 3 heterocycles. The highest BCUT2D eigenvalue weighted by Gasteiger charge is 2.63. The van der Waals surface area contributed by atoms with Gasteiger partial charge in [0.05, 0.1) is 17.8 Å². The van der Waals surface area contributed by atoms with Crippen molar-refractivity contribution in [3.05, 3.63) is 59.0 Å². The fraction of sp³-hybridized carbons (Fsp3) is 0.381. The zero-order valence-electron chi connectivity index (χ0n) is 15.6. The van der Waals surface area contributed by atoms with Gasteiger partial charge in [0.2, 0.25) is 5.88 Å². The Kier molecular flexibility index (Phi) is 4.22. The normalized spacial score (nSPS) is 29.6. The lowest BCUT2D eigenvalue weighted by molar-refractivity contribution is -0.162. The molecule has 2 atom stereocenters. The Balaban J connectivity index is 1.30. The molecule has 1 spiro atoms. The van der Waals surface area contributed by atoms with Crippen molar-refractivity contribution in [2.45, 2.75) is 49.7 Å². The number of nitrogens with zero attached hydrogens (tertiary/aromatic N) is 3. The molecule has 0 unspecified atom stereocenters. The third-order valence-corrected chi connectivity index (χ3v) is 5.94. The summed E-state index contributed by atoms with van der Waals surface area (Å²) >= 11 is 0. The lowest BCUT2D eigenvalue weighted by Gasteiger charge is -2.42. The summed E-state index contributed by atoms with van der Waals surface area (Å²) in [6, 6.07) is 5.78. The maximum absolute atomic E-state index is 13.6. The molecule has 1 amide bonds. The minimum Gasteiger partial charge on any atom is -0.474 e. The molecule has 2 aromatic rings. The molecule has 0 N–H and O–H groups in total. The lowest BCUT2D eigenvalue weighted by Crippen LogP contribution is -2.56. The smallest absolute Gasteiger partial charge is 0.257 e. The first-order valence-electron chi connectivity index (χ1n) is 9.57. The Bertz CT molecular complexity index is 1060. The highest BCUT2D eigenvalue weighted by molar-refractivity contribution is 5.89. The maximum atomic E-state index is 13.6. The van der Waals surface area contributed by atoms with E-state index in [2.05, 4.69) is 4.98 Å². The van der Waals surface area contributed by atoms with E-state index < -0.39 is 35.3 Å². The molecule has 2 aliphatic heterocycles. The van der Waals surface area contributed by atoms with Crippen LogP contribution in [0.4, 0.5) is 13.2 Å². The molecule has 30 heavy (non-hydrogen) atoms. The average Bonchev–Trinajstić information content (AvgIpc) is 3.20. The summed E-state index contributed by atoms with van der Waals surface area (Å²) < 4.78 is 52.4. The summed E-state index contributed by atoms with van der Waals surface area (Å²) in [5.74, 6) is -2.21. The number of halogens is 3. The van der Waals surface area contributed by atoms with Gasteiger partial charge in [-0.15, -0.1) is 0 Å². The second-order valence-corrected chi connectivity index (χ2v) is 7.84. The van der Waals surface area contributed by atoms with Crippen molar-refractivity contribution < 1.29 is 27.4 Å². The predicted molar refractivity (Wildman–Crippen MR) is 95.3 cm³/mol. The van der Waals surface area contributed by atoms with Crippen LogP contribution in [0.25, 0.3) is 0 Å². The maximum Gasteiger partial charge on any atom is 0.257 e. The Morgan fingerprint density at radius 2 is 1.90 bits per heavy atom. The number of benzene rings is 1. The average molecular weight is 415 g/mol. The van der Waals surface area contributed by atoms with Gasteiger partial charge in [-0.3, -0.25) is 4.79 Å².